The van der Waals surface area contributed by atoms with E-state index in [1.165, 1.54) is 17.7 Å². The second-order valence-corrected chi connectivity index (χ2v) is 9.89. The van der Waals surface area contributed by atoms with Crippen LogP contribution >= 0.6 is 0 Å². The summed E-state index contributed by atoms with van der Waals surface area (Å²) >= 11 is 0. The Bertz CT molecular complexity index is 1250. The Morgan fingerprint density at radius 2 is 1.68 bits per heavy atom. The van der Waals surface area contributed by atoms with E-state index in [4.69, 9.17) is 9.47 Å². The van der Waals surface area contributed by atoms with Gasteiger partial charge >= 0.3 is 12.1 Å². The number of pyridine rings is 2. The first-order chi connectivity index (χ1) is 15.8. The number of fused-ring (bicyclic) bond motifs is 1. The fourth-order valence-electron chi connectivity index (χ4n) is 3.30. The Morgan fingerprint density at radius 1 is 1.00 bits per heavy atom. The summed E-state index contributed by atoms with van der Waals surface area (Å²) in [6.45, 7) is 10.7. The van der Waals surface area contributed by atoms with Crippen LogP contribution in [0.4, 0.5) is 4.79 Å². The fourth-order valence-corrected chi connectivity index (χ4v) is 3.30. The molecule has 0 bridgehead atoms. The predicted molar refractivity (Wildman–Crippen MR) is 127 cm³/mol. The molecule has 180 valence electrons. The highest BCUT2D eigenvalue weighted by Crippen LogP contribution is 2.23. The van der Waals surface area contributed by atoms with Crippen molar-refractivity contribution in [1.82, 2.24) is 19.9 Å². The third kappa shape index (κ3) is 5.98. The van der Waals surface area contributed by atoms with Crippen LogP contribution in [0.5, 0.6) is 0 Å². The monoisotopic (exact) mass is 466 g/mol. The normalized spacial score (nSPS) is 11.9. The first-order valence-corrected chi connectivity index (χ1v) is 10.9. The SMILES string of the molecule is CNC(=O)c1cc(C(=O)OC(C)(C)C)cc(Cc2cncc3c2ccn3C(=O)OC(C)(C)C)n1. The number of amides is 1. The van der Waals surface area contributed by atoms with E-state index in [1.54, 1.807) is 72.3 Å². The summed E-state index contributed by atoms with van der Waals surface area (Å²) < 4.78 is 12.3. The van der Waals surface area contributed by atoms with Crippen LogP contribution in [0, 0.1) is 0 Å². The minimum atomic E-state index is -0.687. The summed E-state index contributed by atoms with van der Waals surface area (Å²) in [7, 11) is 1.49. The van der Waals surface area contributed by atoms with Crippen molar-refractivity contribution in [1.29, 1.82) is 0 Å². The van der Waals surface area contributed by atoms with Gasteiger partial charge in [-0.15, -0.1) is 0 Å². The zero-order chi connectivity index (χ0) is 25.3. The quantitative estimate of drug-likeness (QED) is 0.576. The number of nitrogens with zero attached hydrogens (tertiary/aromatic N) is 3. The molecule has 34 heavy (non-hydrogen) atoms. The summed E-state index contributed by atoms with van der Waals surface area (Å²) in [4.78, 5) is 46.3. The lowest BCUT2D eigenvalue weighted by Crippen LogP contribution is -2.26. The van der Waals surface area contributed by atoms with E-state index in [-0.39, 0.29) is 17.7 Å². The van der Waals surface area contributed by atoms with E-state index in [1.807, 2.05) is 0 Å². The van der Waals surface area contributed by atoms with Crippen molar-refractivity contribution >= 4 is 28.9 Å². The van der Waals surface area contributed by atoms with Crippen molar-refractivity contribution in [3.8, 4) is 0 Å². The van der Waals surface area contributed by atoms with Gasteiger partial charge in [-0.3, -0.25) is 14.3 Å². The van der Waals surface area contributed by atoms with Crippen molar-refractivity contribution in [3.05, 3.63) is 59.3 Å². The van der Waals surface area contributed by atoms with Crippen LogP contribution in [0.25, 0.3) is 10.9 Å². The van der Waals surface area contributed by atoms with Crippen molar-refractivity contribution < 1.29 is 23.9 Å². The number of rotatable bonds is 4. The summed E-state index contributed by atoms with van der Waals surface area (Å²) in [5.74, 6) is -0.965. The van der Waals surface area contributed by atoms with Crippen LogP contribution in [0.1, 0.15) is 73.6 Å². The topological polar surface area (TPSA) is 112 Å². The molecule has 0 aliphatic heterocycles. The third-order valence-electron chi connectivity index (χ3n) is 4.63. The maximum absolute atomic E-state index is 12.7. The van der Waals surface area contributed by atoms with Crippen molar-refractivity contribution in [2.75, 3.05) is 7.05 Å². The molecule has 0 aliphatic carbocycles. The smallest absolute Gasteiger partial charge is 0.419 e. The lowest BCUT2D eigenvalue weighted by atomic mass is 10.1. The second kappa shape index (κ2) is 9.24. The molecule has 3 rings (SSSR count). The second-order valence-electron chi connectivity index (χ2n) is 9.89. The highest BCUT2D eigenvalue weighted by atomic mass is 16.6. The Labute approximate surface area is 198 Å². The van der Waals surface area contributed by atoms with Gasteiger partial charge in [-0.05, 0) is 65.3 Å². The van der Waals surface area contributed by atoms with Gasteiger partial charge in [0.05, 0.1) is 17.3 Å². The van der Waals surface area contributed by atoms with Crippen molar-refractivity contribution in [3.63, 3.8) is 0 Å². The van der Waals surface area contributed by atoms with Crippen LogP contribution < -0.4 is 5.32 Å². The number of carbonyl (C=O) groups is 3. The first-order valence-electron chi connectivity index (χ1n) is 10.9. The van der Waals surface area contributed by atoms with E-state index < -0.39 is 29.2 Å². The van der Waals surface area contributed by atoms with Gasteiger partial charge in [-0.1, -0.05) is 0 Å². The molecule has 0 unspecified atom stereocenters. The van der Waals surface area contributed by atoms with Gasteiger partial charge in [0.1, 0.15) is 16.9 Å². The average Bonchev–Trinajstić information content (AvgIpc) is 3.16. The Kier molecular flexibility index (Phi) is 6.77. The number of hydrogen-bond donors (Lipinski definition) is 1. The summed E-state index contributed by atoms with van der Waals surface area (Å²) in [6, 6.07) is 4.81. The van der Waals surface area contributed by atoms with E-state index >= 15 is 0 Å². The number of carbonyl (C=O) groups excluding carboxylic acids is 3. The van der Waals surface area contributed by atoms with Gasteiger partial charge in [0, 0.05) is 36.9 Å². The Morgan fingerprint density at radius 3 is 2.29 bits per heavy atom. The molecule has 9 heteroatoms. The maximum Gasteiger partial charge on any atom is 0.419 e. The molecule has 0 atom stereocenters. The molecule has 3 aromatic heterocycles. The highest BCUT2D eigenvalue weighted by molar-refractivity contribution is 5.96. The van der Waals surface area contributed by atoms with Gasteiger partial charge < -0.3 is 14.8 Å². The number of ether oxygens (including phenoxy) is 2. The molecule has 0 aliphatic rings. The molecule has 0 saturated heterocycles. The average molecular weight is 467 g/mol. The zero-order valence-electron chi connectivity index (χ0n) is 20.6. The minimum absolute atomic E-state index is 0.104. The molecular weight excluding hydrogens is 436 g/mol. The lowest BCUT2D eigenvalue weighted by molar-refractivity contribution is 0.00689. The maximum atomic E-state index is 12.7. The van der Waals surface area contributed by atoms with E-state index in [2.05, 4.69) is 15.3 Å². The first kappa shape index (κ1) is 24.9. The van der Waals surface area contributed by atoms with Gasteiger partial charge in [-0.25, -0.2) is 14.6 Å². The molecule has 1 N–H and O–H groups in total. The third-order valence-corrected chi connectivity index (χ3v) is 4.63. The van der Waals surface area contributed by atoms with E-state index in [0.29, 0.717) is 11.2 Å². The van der Waals surface area contributed by atoms with Gasteiger partial charge in [0.15, 0.2) is 0 Å². The lowest BCUT2D eigenvalue weighted by Gasteiger charge is -2.20. The van der Waals surface area contributed by atoms with Crippen LogP contribution in [0.3, 0.4) is 0 Å². The van der Waals surface area contributed by atoms with E-state index in [9.17, 15) is 14.4 Å². The van der Waals surface area contributed by atoms with Crippen LogP contribution in [-0.4, -0.2) is 50.8 Å². The summed E-state index contributed by atoms with van der Waals surface area (Å²) in [6.07, 6.45) is 4.66. The number of esters is 1. The minimum Gasteiger partial charge on any atom is -0.456 e. The Balaban J connectivity index is 2.00. The molecule has 0 radical (unpaired) electrons. The van der Waals surface area contributed by atoms with Crippen LogP contribution in [-0.2, 0) is 15.9 Å². The van der Waals surface area contributed by atoms with Crippen molar-refractivity contribution in [2.24, 2.45) is 0 Å². The molecule has 0 saturated carbocycles. The van der Waals surface area contributed by atoms with Gasteiger partial charge in [0.25, 0.3) is 5.91 Å². The van der Waals surface area contributed by atoms with Gasteiger partial charge in [-0.2, -0.15) is 0 Å². The summed E-state index contributed by atoms with van der Waals surface area (Å²) in [5, 5.41) is 3.31. The van der Waals surface area contributed by atoms with Crippen LogP contribution in [0.15, 0.2) is 36.8 Å². The standard InChI is InChI=1S/C25H30N4O5/c1-24(2,3)33-22(31)15-10-17(28-19(12-15)21(30)26-7)11-16-13-27-14-20-18(16)8-9-29(20)23(32)34-25(4,5)6/h8-10,12-14H,11H2,1-7H3,(H,26,30). The van der Waals surface area contributed by atoms with Gasteiger partial charge in [0.2, 0.25) is 0 Å². The fraction of sp³-hybridized carbons (Fsp3) is 0.400. The number of aromatic nitrogens is 3. The summed E-state index contributed by atoms with van der Waals surface area (Å²) in [5.41, 5.74) is 0.853. The molecule has 0 aromatic carbocycles. The molecular formula is C25H30N4O5. The largest absolute Gasteiger partial charge is 0.456 e. The van der Waals surface area contributed by atoms with E-state index in [0.717, 1.165) is 10.9 Å². The Hall–Kier alpha value is -3.75. The zero-order valence-corrected chi connectivity index (χ0v) is 20.6. The molecule has 0 spiro atoms. The molecule has 9 nitrogen and oxygen atoms in total. The predicted octanol–water partition coefficient (Wildman–Crippen LogP) is 4.12. The van der Waals surface area contributed by atoms with Crippen molar-refractivity contribution in [2.45, 2.75) is 59.2 Å². The molecule has 3 heterocycles. The number of nitrogens with one attached hydrogen (secondary N) is 1. The molecule has 1 amide bonds. The highest BCUT2D eigenvalue weighted by Gasteiger charge is 2.22. The number of hydrogen-bond acceptors (Lipinski definition) is 7. The molecule has 3 aromatic rings. The van der Waals surface area contributed by atoms with Crippen LogP contribution in [0.2, 0.25) is 0 Å². The molecule has 0 fully saturated rings.